The van der Waals surface area contributed by atoms with Gasteiger partial charge in [-0.3, -0.25) is 4.79 Å². The molecule has 0 saturated heterocycles. The Balaban J connectivity index is 2.56. The third-order valence-corrected chi connectivity index (χ3v) is 2.94. The molecule has 14 heavy (non-hydrogen) atoms. The summed E-state index contributed by atoms with van der Waals surface area (Å²) in [6.45, 7) is 7.49. The van der Waals surface area contributed by atoms with Crippen LogP contribution in [0.2, 0.25) is 0 Å². The predicted octanol–water partition coefficient (Wildman–Crippen LogP) is 1.86. The van der Waals surface area contributed by atoms with E-state index in [1.54, 1.807) is 11.3 Å². The van der Waals surface area contributed by atoms with Crippen molar-refractivity contribution in [2.75, 3.05) is 13.1 Å². The van der Waals surface area contributed by atoms with E-state index in [0.717, 1.165) is 23.8 Å². The Hall–Kier alpha value is -0.900. The molecule has 1 amide bonds. The van der Waals surface area contributed by atoms with Crippen molar-refractivity contribution in [1.29, 1.82) is 0 Å². The highest BCUT2D eigenvalue weighted by atomic mass is 32.1. The Kier molecular flexibility index (Phi) is 4.07. The van der Waals surface area contributed by atoms with Crippen LogP contribution in [0.3, 0.4) is 0 Å². The van der Waals surface area contributed by atoms with Gasteiger partial charge in [0.15, 0.2) is 0 Å². The fourth-order valence-electron chi connectivity index (χ4n) is 1.33. The van der Waals surface area contributed by atoms with Crippen molar-refractivity contribution >= 4 is 17.2 Å². The number of amides is 1. The summed E-state index contributed by atoms with van der Waals surface area (Å²) in [6.07, 6.45) is 0.437. The minimum absolute atomic E-state index is 0.167. The third-order valence-electron chi connectivity index (χ3n) is 2.12. The van der Waals surface area contributed by atoms with Crippen molar-refractivity contribution in [3.05, 3.63) is 16.1 Å². The van der Waals surface area contributed by atoms with Crippen LogP contribution in [0.5, 0.6) is 0 Å². The molecule has 1 rings (SSSR count). The number of nitrogens with zero attached hydrogens (tertiary/aromatic N) is 2. The molecular formula is C10H16N2OS. The molecule has 0 bridgehead atoms. The van der Waals surface area contributed by atoms with Gasteiger partial charge in [-0.05, 0) is 20.8 Å². The lowest BCUT2D eigenvalue weighted by Gasteiger charge is -2.17. The number of rotatable bonds is 4. The zero-order valence-electron chi connectivity index (χ0n) is 8.91. The summed E-state index contributed by atoms with van der Waals surface area (Å²) >= 11 is 1.59. The lowest BCUT2D eigenvalue weighted by molar-refractivity contribution is -0.130. The molecule has 3 nitrogen and oxygen atoms in total. The van der Waals surface area contributed by atoms with Crippen molar-refractivity contribution in [1.82, 2.24) is 9.88 Å². The average Bonchev–Trinajstić information content (AvgIpc) is 2.53. The van der Waals surface area contributed by atoms with Gasteiger partial charge >= 0.3 is 0 Å². The maximum absolute atomic E-state index is 11.7. The summed E-state index contributed by atoms with van der Waals surface area (Å²) in [5.41, 5.74) is 0.893. The molecule has 0 aliphatic rings. The molecule has 0 atom stereocenters. The monoisotopic (exact) mass is 212 g/mol. The number of thiazole rings is 1. The molecule has 4 heteroatoms. The maximum Gasteiger partial charge on any atom is 0.228 e. The molecule has 0 N–H and O–H groups in total. The first-order chi connectivity index (χ1) is 6.67. The van der Waals surface area contributed by atoms with Gasteiger partial charge in [0, 0.05) is 18.5 Å². The summed E-state index contributed by atoms with van der Waals surface area (Å²) in [4.78, 5) is 17.8. The molecule has 0 fully saturated rings. The molecular weight excluding hydrogens is 196 g/mol. The Morgan fingerprint density at radius 3 is 2.57 bits per heavy atom. The van der Waals surface area contributed by atoms with Crippen molar-refractivity contribution in [3.63, 3.8) is 0 Å². The zero-order valence-corrected chi connectivity index (χ0v) is 9.73. The lowest BCUT2D eigenvalue weighted by atomic mass is 10.3. The SMILES string of the molecule is CCN(CC)C(=O)Cc1csc(C)n1. The summed E-state index contributed by atoms with van der Waals surface area (Å²) in [6, 6.07) is 0. The average molecular weight is 212 g/mol. The normalized spacial score (nSPS) is 10.2. The number of aromatic nitrogens is 1. The van der Waals surface area contributed by atoms with E-state index in [2.05, 4.69) is 4.98 Å². The van der Waals surface area contributed by atoms with Crippen LogP contribution in [-0.4, -0.2) is 28.9 Å². The highest BCUT2D eigenvalue weighted by Crippen LogP contribution is 2.09. The van der Waals surface area contributed by atoms with Crippen LogP contribution < -0.4 is 0 Å². The van der Waals surface area contributed by atoms with Crippen LogP contribution in [0.15, 0.2) is 5.38 Å². The van der Waals surface area contributed by atoms with Crippen molar-refractivity contribution < 1.29 is 4.79 Å². The van der Waals surface area contributed by atoms with E-state index in [1.807, 2.05) is 31.1 Å². The molecule has 0 aliphatic carbocycles. The van der Waals surface area contributed by atoms with Gasteiger partial charge in [-0.25, -0.2) is 4.98 Å². The van der Waals surface area contributed by atoms with E-state index >= 15 is 0 Å². The summed E-state index contributed by atoms with van der Waals surface area (Å²) in [7, 11) is 0. The number of carbonyl (C=O) groups is 1. The second-order valence-corrected chi connectivity index (χ2v) is 4.16. The quantitative estimate of drug-likeness (QED) is 0.763. The standard InChI is InChI=1S/C10H16N2OS/c1-4-12(5-2)10(13)6-9-7-14-8(3)11-9/h7H,4-6H2,1-3H3. The largest absolute Gasteiger partial charge is 0.343 e. The Morgan fingerprint density at radius 2 is 2.14 bits per heavy atom. The van der Waals surface area contributed by atoms with Gasteiger partial charge in [0.05, 0.1) is 17.1 Å². The minimum atomic E-state index is 0.167. The van der Waals surface area contributed by atoms with Crippen molar-refractivity contribution in [2.45, 2.75) is 27.2 Å². The van der Waals surface area contributed by atoms with Gasteiger partial charge in [0.1, 0.15) is 0 Å². The highest BCUT2D eigenvalue weighted by Gasteiger charge is 2.11. The summed E-state index contributed by atoms with van der Waals surface area (Å²) in [5.74, 6) is 0.167. The van der Waals surface area contributed by atoms with E-state index in [1.165, 1.54) is 0 Å². The van der Waals surface area contributed by atoms with Gasteiger partial charge in [0.25, 0.3) is 0 Å². The second kappa shape index (κ2) is 5.10. The van der Waals surface area contributed by atoms with Gasteiger partial charge in [-0.2, -0.15) is 0 Å². The minimum Gasteiger partial charge on any atom is -0.343 e. The first-order valence-electron chi connectivity index (χ1n) is 4.86. The molecule has 0 radical (unpaired) electrons. The summed E-state index contributed by atoms with van der Waals surface area (Å²) in [5, 5.41) is 2.98. The van der Waals surface area contributed by atoms with E-state index in [9.17, 15) is 4.79 Å². The molecule has 0 aromatic carbocycles. The van der Waals surface area contributed by atoms with E-state index in [0.29, 0.717) is 6.42 Å². The Labute approximate surface area is 88.8 Å². The van der Waals surface area contributed by atoms with Crippen LogP contribution in [0, 0.1) is 6.92 Å². The highest BCUT2D eigenvalue weighted by molar-refractivity contribution is 7.09. The summed E-state index contributed by atoms with van der Waals surface area (Å²) < 4.78 is 0. The first kappa shape index (κ1) is 11.2. The Bertz CT molecular complexity index is 305. The molecule has 0 spiro atoms. The predicted molar refractivity (Wildman–Crippen MR) is 58.5 cm³/mol. The van der Waals surface area contributed by atoms with Crippen molar-refractivity contribution in [3.8, 4) is 0 Å². The molecule has 1 aromatic heterocycles. The molecule has 1 heterocycles. The number of likely N-dealkylation sites (N-methyl/N-ethyl adjacent to an activating group) is 1. The van der Waals surface area contributed by atoms with Crippen LogP contribution in [-0.2, 0) is 11.2 Å². The van der Waals surface area contributed by atoms with E-state index in [4.69, 9.17) is 0 Å². The third kappa shape index (κ3) is 2.80. The number of carbonyl (C=O) groups excluding carboxylic acids is 1. The fraction of sp³-hybridized carbons (Fsp3) is 0.600. The molecule has 0 saturated carbocycles. The molecule has 0 aliphatic heterocycles. The maximum atomic E-state index is 11.7. The van der Waals surface area contributed by atoms with Gasteiger partial charge < -0.3 is 4.90 Å². The van der Waals surface area contributed by atoms with E-state index < -0.39 is 0 Å². The fourth-order valence-corrected chi connectivity index (χ4v) is 1.95. The van der Waals surface area contributed by atoms with Gasteiger partial charge in [0.2, 0.25) is 5.91 Å². The van der Waals surface area contributed by atoms with E-state index in [-0.39, 0.29) is 5.91 Å². The molecule has 78 valence electrons. The van der Waals surface area contributed by atoms with Gasteiger partial charge in [-0.15, -0.1) is 11.3 Å². The molecule has 1 aromatic rings. The topological polar surface area (TPSA) is 33.2 Å². The lowest BCUT2D eigenvalue weighted by Crippen LogP contribution is -2.31. The van der Waals surface area contributed by atoms with Crippen LogP contribution >= 0.6 is 11.3 Å². The first-order valence-corrected chi connectivity index (χ1v) is 5.74. The number of hydrogen-bond donors (Lipinski definition) is 0. The second-order valence-electron chi connectivity index (χ2n) is 3.10. The number of hydrogen-bond acceptors (Lipinski definition) is 3. The van der Waals surface area contributed by atoms with Crippen LogP contribution in [0.4, 0.5) is 0 Å². The smallest absolute Gasteiger partial charge is 0.228 e. The Morgan fingerprint density at radius 1 is 1.50 bits per heavy atom. The van der Waals surface area contributed by atoms with Crippen LogP contribution in [0.1, 0.15) is 24.5 Å². The van der Waals surface area contributed by atoms with Crippen molar-refractivity contribution in [2.24, 2.45) is 0 Å². The zero-order chi connectivity index (χ0) is 10.6. The van der Waals surface area contributed by atoms with Crippen LogP contribution in [0.25, 0.3) is 0 Å². The molecule has 0 unspecified atom stereocenters. The number of aryl methyl sites for hydroxylation is 1. The van der Waals surface area contributed by atoms with Gasteiger partial charge in [-0.1, -0.05) is 0 Å².